The number of para-hydroxylation sites is 2. The van der Waals surface area contributed by atoms with Crippen LogP contribution in [-0.2, 0) is 0 Å². The molecule has 7 aromatic rings. The Labute approximate surface area is 245 Å². The van der Waals surface area contributed by atoms with Crippen LogP contribution in [0, 0.1) is 6.92 Å². The van der Waals surface area contributed by atoms with Gasteiger partial charge in [0.05, 0.1) is 11.0 Å². The average molecular weight is 539 g/mol. The van der Waals surface area contributed by atoms with Crippen molar-refractivity contribution >= 4 is 38.2 Å². The van der Waals surface area contributed by atoms with E-state index in [1.54, 1.807) is 0 Å². The van der Waals surface area contributed by atoms with E-state index in [-0.39, 0.29) is 0 Å². The predicted molar refractivity (Wildman–Crippen MR) is 178 cm³/mol. The van der Waals surface area contributed by atoms with Crippen molar-refractivity contribution < 1.29 is 0 Å². The van der Waals surface area contributed by atoms with Crippen LogP contribution in [0.5, 0.6) is 0 Å². The summed E-state index contributed by atoms with van der Waals surface area (Å²) in [5, 5.41) is 5.12. The third kappa shape index (κ3) is 3.99. The van der Waals surface area contributed by atoms with E-state index in [1.165, 1.54) is 54.9 Å². The van der Waals surface area contributed by atoms with Crippen LogP contribution in [0.3, 0.4) is 0 Å². The Hall–Kier alpha value is -5.21. The van der Waals surface area contributed by atoms with E-state index in [0.717, 1.165) is 35.4 Å². The van der Waals surface area contributed by atoms with Gasteiger partial charge in [0.25, 0.3) is 0 Å². The summed E-state index contributed by atoms with van der Waals surface area (Å²) >= 11 is 0. The van der Waals surface area contributed by atoms with E-state index in [2.05, 4.69) is 151 Å². The van der Waals surface area contributed by atoms with Gasteiger partial charge in [-0.15, -0.1) is 0 Å². The lowest BCUT2D eigenvalue weighted by atomic mass is 9.85. The van der Waals surface area contributed by atoms with Gasteiger partial charge in [-0.05, 0) is 93.4 Å². The van der Waals surface area contributed by atoms with Crippen LogP contribution in [-0.4, -0.2) is 9.55 Å². The largest absolute Gasteiger partial charge is 0.293 e. The Morgan fingerprint density at radius 3 is 2.05 bits per heavy atom. The Kier molecular flexibility index (Phi) is 5.86. The van der Waals surface area contributed by atoms with Crippen LogP contribution in [0.1, 0.15) is 24.2 Å². The summed E-state index contributed by atoms with van der Waals surface area (Å²) in [5.74, 6) is 1.03. The molecule has 0 saturated heterocycles. The summed E-state index contributed by atoms with van der Waals surface area (Å²) in [6.07, 6.45) is 8.65. The molecule has 0 aliphatic heterocycles. The molecule has 0 unspecified atom stereocenters. The van der Waals surface area contributed by atoms with Gasteiger partial charge >= 0.3 is 0 Å². The molecule has 0 bridgehead atoms. The molecule has 2 heteroatoms. The van der Waals surface area contributed by atoms with Crippen LogP contribution < -0.4 is 0 Å². The van der Waals surface area contributed by atoms with Crippen LogP contribution in [0.4, 0.5) is 0 Å². The lowest BCUT2D eigenvalue weighted by Crippen LogP contribution is -2.02. The fraction of sp³-hybridized carbons (Fsp3) is 0.0750. The van der Waals surface area contributed by atoms with Crippen molar-refractivity contribution in [2.45, 2.75) is 19.8 Å². The quantitative estimate of drug-likeness (QED) is 0.204. The fourth-order valence-electron chi connectivity index (χ4n) is 6.59. The molecular formula is C40H30N2. The zero-order valence-electron chi connectivity index (χ0n) is 23.6. The Morgan fingerprint density at radius 2 is 1.29 bits per heavy atom. The number of aromatic nitrogens is 2. The number of fused-ring (bicyclic) bond motifs is 3. The molecule has 0 N–H and O–H groups in total. The molecule has 0 saturated carbocycles. The maximum atomic E-state index is 5.08. The second-order valence-corrected chi connectivity index (χ2v) is 11.2. The molecule has 8 rings (SSSR count). The van der Waals surface area contributed by atoms with Gasteiger partial charge in [0.2, 0.25) is 0 Å². The monoisotopic (exact) mass is 538 g/mol. The standard InChI is InChI=1S/C40H30N2/c1-27-20-25-34-35(26-27)39(33-17-9-8-16-32(33)38(34)28-12-4-2-5-13-28)29-21-23-31(24-22-29)42-37-19-11-10-18-36(37)41-40(42)30-14-6-3-7-15-30/h2-6,8-14,16-26H,7,15H2,1H3. The number of aryl methyl sites for hydroxylation is 1. The van der Waals surface area contributed by atoms with E-state index >= 15 is 0 Å². The van der Waals surface area contributed by atoms with Gasteiger partial charge in [-0.3, -0.25) is 4.57 Å². The first kappa shape index (κ1) is 24.6. The molecule has 42 heavy (non-hydrogen) atoms. The number of hydrogen-bond acceptors (Lipinski definition) is 1. The van der Waals surface area contributed by atoms with E-state index in [9.17, 15) is 0 Å². The summed E-state index contributed by atoms with van der Waals surface area (Å²) in [7, 11) is 0. The summed E-state index contributed by atoms with van der Waals surface area (Å²) in [6.45, 7) is 2.19. The molecule has 1 aliphatic rings. The third-order valence-electron chi connectivity index (χ3n) is 8.52. The average Bonchev–Trinajstić information content (AvgIpc) is 3.44. The van der Waals surface area contributed by atoms with Gasteiger partial charge < -0.3 is 0 Å². The van der Waals surface area contributed by atoms with Gasteiger partial charge in [0.1, 0.15) is 5.82 Å². The molecule has 1 aromatic heterocycles. The highest BCUT2D eigenvalue weighted by atomic mass is 15.1. The summed E-state index contributed by atoms with van der Waals surface area (Å²) < 4.78 is 2.32. The van der Waals surface area contributed by atoms with Crippen LogP contribution in [0.25, 0.3) is 66.1 Å². The number of nitrogens with zero attached hydrogens (tertiary/aromatic N) is 2. The molecule has 0 spiro atoms. The lowest BCUT2D eigenvalue weighted by Gasteiger charge is -2.19. The summed E-state index contributed by atoms with van der Waals surface area (Å²) in [6, 6.07) is 44.1. The zero-order chi connectivity index (χ0) is 28.0. The molecule has 0 amide bonds. The molecule has 0 radical (unpaired) electrons. The fourth-order valence-corrected chi connectivity index (χ4v) is 6.59. The van der Waals surface area contributed by atoms with Gasteiger partial charge in [-0.1, -0.05) is 121 Å². The molecule has 1 heterocycles. The number of allylic oxidation sites excluding steroid dienone is 4. The molecule has 0 fully saturated rings. The highest BCUT2D eigenvalue weighted by Gasteiger charge is 2.19. The Bertz CT molecular complexity index is 2180. The first-order valence-corrected chi connectivity index (χ1v) is 14.7. The molecule has 200 valence electrons. The van der Waals surface area contributed by atoms with E-state index in [0.29, 0.717) is 0 Å². The molecule has 2 nitrogen and oxygen atoms in total. The first-order chi connectivity index (χ1) is 20.8. The van der Waals surface area contributed by atoms with Crippen molar-refractivity contribution in [3.8, 4) is 27.9 Å². The van der Waals surface area contributed by atoms with Crippen molar-refractivity contribution in [3.63, 3.8) is 0 Å². The van der Waals surface area contributed by atoms with E-state index < -0.39 is 0 Å². The van der Waals surface area contributed by atoms with Crippen molar-refractivity contribution in [1.29, 1.82) is 0 Å². The van der Waals surface area contributed by atoms with Gasteiger partial charge in [-0.2, -0.15) is 0 Å². The Balaban J connectivity index is 1.36. The zero-order valence-corrected chi connectivity index (χ0v) is 23.6. The predicted octanol–water partition coefficient (Wildman–Crippen LogP) is 10.7. The number of rotatable bonds is 4. The minimum absolute atomic E-state index is 1.00. The number of imidazole rings is 1. The lowest BCUT2D eigenvalue weighted by molar-refractivity contribution is 0.982. The molecule has 0 atom stereocenters. The van der Waals surface area contributed by atoms with Crippen molar-refractivity contribution in [1.82, 2.24) is 9.55 Å². The summed E-state index contributed by atoms with van der Waals surface area (Å²) in [5.41, 5.74) is 10.9. The highest BCUT2D eigenvalue weighted by molar-refractivity contribution is 6.21. The molecular weight excluding hydrogens is 508 g/mol. The van der Waals surface area contributed by atoms with Crippen LogP contribution in [0.2, 0.25) is 0 Å². The smallest absolute Gasteiger partial charge is 0.141 e. The van der Waals surface area contributed by atoms with Crippen LogP contribution >= 0.6 is 0 Å². The number of benzene rings is 6. The maximum Gasteiger partial charge on any atom is 0.141 e. The van der Waals surface area contributed by atoms with Crippen LogP contribution in [0.15, 0.2) is 140 Å². The van der Waals surface area contributed by atoms with Crippen molar-refractivity contribution in [2.24, 2.45) is 0 Å². The van der Waals surface area contributed by atoms with Crippen molar-refractivity contribution in [2.75, 3.05) is 0 Å². The second-order valence-electron chi connectivity index (χ2n) is 11.2. The molecule has 6 aromatic carbocycles. The molecule has 1 aliphatic carbocycles. The third-order valence-corrected chi connectivity index (χ3v) is 8.52. The van der Waals surface area contributed by atoms with E-state index in [4.69, 9.17) is 4.98 Å². The minimum Gasteiger partial charge on any atom is -0.293 e. The van der Waals surface area contributed by atoms with Gasteiger partial charge in [0, 0.05) is 5.69 Å². The minimum atomic E-state index is 1.00. The van der Waals surface area contributed by atoms with Crippen molar-refractivity contribution in [3.05, 3.63) is 151 Å². The number of hydrogen-bond donors (Lipinski definition) is 0. The Morgan fingerprint density at radius 1 is 0.619 bits per heavy atom. The second kappa shape index (κ2) is 10.0. The highest BCUT2D eigenvalue weighted by Crippen LogP contribution is 2.44. The first-order valence-electron chi connectivity index (χ1n) is 14.7. The maximum absolute atomic E-state index is 5.08. The normalized spacial score (nSPS) is 13.2. The van der Waals surface area contributed by atoms with Gasteiger partial charge in [0.15, 0.2) is 0 Å². The topological polar surface area (TPSA) is 17.8 Å². The summed E-state index contributed by atoms with van der Waals surface area (Å²) in [4.78, 5) is 5.08. The SMILES string of the molecule is Cc1ccc2c(-c3ccccc3)c3ccccc3c(-c3ccc(-n4c(C5=CC=CCC5)nc5ccccc54)cc3)c2c1. The van der Waals surface area contributed by atoms with E-state index in [1.807, 2.05) is 0 Å². The van der Waals surface area contributed by atoms with Gasteiger partial charge in [-0.25, -0.2) is 4.98 Å².